The fourth-order valence-electron chi connectivity index (χ4n) is 2.57. The van der Waals surface area contributed by atoms with E-state index in [9.17, 15) is 5.11 Å². The molecule has 0 aromatic carbocycles. The van der Waals surface area contributed by atoms with Crippen LogP contribution in [-0.2, 0) is 0 Å². The molecule has 1 saturated carbocycles. The SMILES string of the molecule is CCC(C)N(C)C1CC(C)(C)CCC1O. The first-order chi connectivity index (χ1) is 6.87. The number of likely N-dealkylation sites (N-methyl/N-ethyl adjacent to an activating group) is 1. The van der Waals surface area contributed by atoms with Crippen molar-refractivity contribution in [2.24, 2.45) is 5.41 Å². The van der Waals surface area contributed by atoms with Gasteiger partial charge in [-0.3, -0.25) is 4.90 Å². The lowest BCUT2D eigenvalue weighted by Crippen LogP contribution is -2.50. The van der Waals surface area contributed by atoms with Crippen molar-refractivity contribution in [1.82, 2.24) is 4.90 Å². The lowest BCUT2D eigenvalue weighted by molar-refractivity contribution is -0.0206. The zero-order chi connectivity index (χ0) is 11.6. The van der Waals surface area contributed by atoms with Gasteiger partial charge in [0.15, 0.2) is 0 Å². The van der Waals surface area contributed by atoms with Gasteiger partial charge < -0.3 is 5.11 Å². The average Bonchev–Trinajstić information content (AvgIpc) is 2.19. The van der Waals surface area contributed by atoms with E-state index in [4.69, 9.17) is 0 Å². The molecule has 1 rings (SSSR count). The largest absolute Gasteiger partial charge is 0.391 e. The average molecular weight is 213 g/mol. The zero-order valence-electron chi connectivity index (χ0n) is 11.0. The van der Waals surface area contributed by atoms with Crippen LogP contribution in [0.3, 0.4) is 0 Å². The Hall–Kier alpha value is -0.0800. The summed E-state index contributed by atoms with van der Waals surface area (Å²) >= 11 is 0. The Kier molecular flexibility index (Phi) is 4.19. The van der Waals surface area contributed by atoms with Gasteiger partial charge in [0.1, 0.15) is 0 Å². The molecule has 1 fully saturated rings. The Morgan fingerprint density at radius 3 is 2.60 bits per heavy atom. The zero-order valence-corrected chi connectivity index (χ0v) is 11.0. The number of aliphatic hydroxyl groups is 1. The highest BCUT2D eigenvalue weighted by atomic mass is 16.3. The molecule has 3 unspecified atom stereocenters. The highest BCUT2D eigenvalue weighted by Crippen LogP contribution is 2.37. The van der Waals surface area contributed by atoms with Crippen LogP contribution in [0.25, 0.3) is 0 Å². The van der Waals surface area contributed by atoms with Crippen molar-refractivity contribution in [2.45, 2.75) is 71.6 Å². The lowest BCUT2D eigenvalue weighted by Gasteiger charge is -2.44. The smallest absolute Gasteiger partial charge is 0.0695 e. The first-order valence-corrected chi connectivity index (χ1v) is 6.27. The number of aliphatic hydroxyl groups excluding tert-OH is 1. The minimum absolute atomic E-state index is 0.128. The quantitative estimate of drug-likeness (QED) is 0.779. The van der Waals surface area contributed by atoms with Crippen LogP contribution in [0.4, 0.5) is 0 Å². The van der Waals surface area contributed by atoms with Gasteiger partial charge in [0, 0.05) is 12.1 Å². The molecule has 0 aromatic rings. The van der Waals surface area contributed by atoms with Gasteiger partial charge in [0.25, 0.3) is 0 Å². The second-order valence-electron chi connectivity index (χ2n) is 5.96. The number of hydrogen-bond donors (Lipinski definition) is 1. The number of nitrogens with zero attached hydrogens (tertiary/aromatic N) is 1. The second kappa shape index (κ2) is 4.84. The van der Waals surface area contributed by atoms with E-state index in [0.717, 1.165) is 25.7 Å². The van der Waals surface area contributed by atoms with Crippen LogP contribution in [0, 0.1) is 5.41 Å². The molecule has 90 valence electrons. The van der Waals surface area contributed by atoms with Gasteiger partial charge in [0.05, 0.1) is 6.10 Å². The van der Waals surface area contributed by atoms with Crippen molar-refractivity contribution in [3.05, 3.63) is 0 Å². The molecule has 2 nitrogen and oxygen atoms in total. The summed E-state index contributed by atoms with van der Waals surface area (Å²) in [7, 11) is 2.16. The Morgan fingerprint density at radius 1 is 1.47 bits per heavy atom. The van der Waals surface area contributed by atoms with E-state index in [2.05, 4.69) is 39.6 Å². The third-order valence-corrected chi connectivity index (χ3v) is 4.13. The monoisotopic (exact) mass is 213 g/mol. The van der Waals surface area contributed by atoms with E-state index in [-0.39, 0.29) is 6.10 Å². The molecular weight excluding hydrogens is 186 g/mol. The van der Waals surface area contributed by atoms with Crippen LogP contribution < -0.4 is 0 Å². The minimum Gasteiger partial charge on any atom is -0.391 e. The molecule has 1 aliphatic carbocycles. The van der Waals surface area contributed by atoms with E-state index < -0.39 is 0 Å². The van der Waals surface area contributed by atoms with Gasteiger partial charge >= 0.3 is 0 Å². The summed E-state index contributed by atoms with van der Waals surface area (Å²) in [4.78, 5) is 2.37. The van der Waals surface area contributed by atoms with Crippen molar-refractivity contribution >= 4 is 0 Å². The van der Waals surface area contributed by atoms with E-state index in [1.54, 1.807) is 0 Å². The maximum absolute atomic E-state index is 10.1. The molecule has 0 heterocycles. The Bertz CT molecular complexity index is 203. The number of hydrogen-bond acceptors (Lipinski definition) is 2. The molecule has 0 saturated heterocycles. The lowest BCUT2D eigenvalue weighted by atomic mass is 9.73. The highest BCUT2D eigenvalue weighted by Gasteiger charge is 2.36. The molecule has 1 N–H and O–H groups in total. The molecule has 2 heteroatoms. The molecule has 0 radical (unpaired) electrons. The third kappa shape index (κ3) is 3.18. The van der Waals surface area contributed by atoms with Crippen LogP contribution in [0.1, 0.15) is 53.4 Å². The maximum Gasteiger partial charge on any atom is 0.0695 e. The predicted molar refractivity (Wildman–Crippen MR) is 64.9 cm³/mol. The molecule has 1 aliphatic rings. The van der Waals surface area contributed by atoms with Gasteiger partial charge in [-0.05, 0) is 45.1 Å². The summed E-state index contributed by atoms with van der Waals surface area (Å²) < 4.78 is 0. The summed E-state index contributed by atoms with van der Waals surface area (Å²) in [5.74, 6) is 0. The Morgan fingerprint density at radius 2 is 2.07 bits per heavy atom. The van der Waals surface area contributed by atoms with Crippen LogP contribution >= 0.6 is 0 Å². The van der Waals surface area contributed by atoms with Gasteiger partial charge in [-0.2, -0.15) is 0 Å². The van der Waals surface area contributed by atoms with Crippen LogP contribution in [-0.4, -0.2) is 35.2 Å². The van der Waals surface area contributed by atoms with E-state index >= 15 is 0 Å². The van der Waals surface area contributed by atoms with E-state index in [1.165, 1.54) is 0 Å². The summed E-state index contributed by atoms with van der Waals surface area (Å²) in [5, 5.41) is 10.1. The number of rotatable bonds is 3. The van der Waals surface area contributed by atoms with E-state index in [0.29, 0.717) is 17.5 Å². The third-order valence-electron chi connectivity index (χ3n) is 4.13. The Labute approximate surface area is 94.7 Å². The molecule has 0 aliphatic heterocycles. The molecular formula is C13H27NO. The predicted octanol–water partition coefficient (Wildman–Crippen LogP) is 2.66. The van der Waals surface area contributed by atoms with Gasteiger partial charge in [-0.25, -0.2) is 0 Å². The first-order valence-electron chi connectivity index (χ1n) is 6.27. The van der Waals surface area contributed by atoms with Crippen molar-refractivity contribution in [2.75, 3.05) is 7.05 Å². The topological polar surface area (TPSA) is 23.5 Å². The Balaban J connectivity index is 2.65. The van der Waals surface area contributed by atoms with Gasteiger partial charge in [-0.15, -0.1) is 0 Å². The van der Waals surface area contributed by atoms with Gasteiger partial charge in [-0.1, -0.05) is 20.8 Å². The van der Waals surface area contributed by atoms with Crippen molar-refractivity contribution in [3.8, 4) is 0 Å². The summed E-state index contributed by atoms with van der Waals surface area (Å²) in [6.45, 7) is 9.09. The fraction of sp³-hybridized carbons (Fsp3) is 1.00. The molecule has 3 atom stereocenters. The summed E-state index contributed by atoms with van der Waals surface area (Å²) in [6.07, 6.45) is 4.25. The summed E-state index contributed by atoms with van der Waals surface area (Å²) in [6, 6.07) is 0.919. The fourth-order valence-corrected chi connectivity index (χ4v) is 2.57. The molecule has 15 heavy (non-hydrogen) atoms. The highest BCUT2D eigenvalue weighted by molar-refractivity contribution is 4.90. The van der Waals surface area contributed by atoms with Crippen LogP contribution in [0.2, 0.25) is 0 Å². The standard InChI is InChI=1S/C13H27NO/c1-6-10(2)14(5)11-9-13(3,4)8-7-12(11)15/h10-12,15H,6-9H2,1-5H3. The van der Waals surface area contributed by atoms with Crippen molar-refractivity contribution in [1.29, 1.82) is 0 Å². The van der Waals surface area contributed by atoms with Crippen LogP contribution in [0.5, 0.6) is 0 Å². The van der Waals surface area contributed by atoms with Gasteiger partial charge in [0.2, 0.25) is 0 Å². The normalized spacial score (nSPS) is 33.0. The molecule has 0 aromatic heterocycles. The van der Waals surface area contributed by atoms with Crippen molar-refractivity contribution in [3.63, 3.8) is 0 Å². The van der Waals surface area contributed by atoms with E-state index in [1.807, 2.05) is 0 Å². The minimum atomic E-state index is -0.128. The summed E-state index contributed by atoms with van der Waals surface area (Å²) in [5.41, 5.74) is 0.394. The van der Waals surface area contributed by atoms with Crippen molar-refractivity contribution < 1.29 is 5.11 Å². The maximum atomic E-state index is 10.1. The van der Waals surface area contributed by atoms with Crippen LogP contribution in [0.15, 0.2) is 0 Å². The first kappa shape index (κ1) is 13.0. The second-order valence-corrected chi connectivity index (χ2v) is 5.96. The molecule has 0 bridgehead atoms. The molecule has 0 amide bonds. The molecule has 0 spiro atoms.